The van der Waals surface area contributed by atoms with E-state index in [-0.39, 0.29) is 4.90 Å². The Morgan fingerprint density at radius 2 is 2.10 bits per heavy atom. The van der Waals surface area contributed by atoms with Gasteiger partial charge in [0.05, 0.1) is 5.69 Å². The number of nitrogens with zero attached hydrogens (tertiary/aromatic N) is 3. The van der Waals surface area contributed by atoms with E-state index in [1.54, 1.807) is 17.8 Å². The van der Waals surface area contributed by atoms with E-state index in [0.717, 1.165) is 24.0 Å². The molecule has 0 radical (unpaired) electrons. The SMILES string of the molecule is CNCCCNS(=O)(=O)c1cnc2c(c1)c(C)nn2C. The maximum Gasteiger partial charge on any atom is 0.242 e. The van der Waals surface area contributed by atoms with Crippen molar-refractivity contribution < 1.29 is 8.42 Å². The van der Waals surface area contributed by atoms with Crippen molar-refractivity contribution in [2.45, 2.75) is 18.2 Å². The molecule has 2 aromatic rings. The molecule has 2 heterocycles. The van der Waals surface area contributed by atoms with E-state index >= 15 is 0 Å². The van der Waals surface area contributed by atoms with E-state index in [1.165, 1.54) is 6.20 Å². The van der Waals surface area contributed by atoms with Gasteiger partial charge < -0.3 is 5.32 Å². The highest BCUT2D eigenvalue weighted by Crippen LogP contribution is 2.19. The fourth-order valence-corrected chi connectivity index (χ4v) is 3.03. The molecule has 0 bridgehead atoms. The van der Waals surface area contributed by atoms with E-state index in [9.17, 15) is 8.42 Å². The zero-order chi connectivity index (χ0) is 14.8. The molecule has 110 valence electrons. The van der Waals surface area contributed by atoms with E-state index in [1.807, 2.05) is 14.0 Å². The van der Waals surface area contributed by atoms with Crippen LogP contribution in [0.3, 0.4) is 0 Å². The Kier molecular flexibility index (Phi) is 4.36. The first-order valence-electron chi connectivity index (χ1n) is 6.39. The molecule has 8 heteroatoms. The lowest BCUT2D eigenvalue weighted by molar-refractivity contribution is 0.577. The summed E-state index contributed by atoms with van der Waals surface area (Å²) in [5, 5.41) is 7.96. The fraction of sp³-hybridized carbons (Fsp3) is 0.500. The predicted molar refractivity (Wildman–Crippen MR) is 77.0 cm³/mol. The topological polar surface area (TPSA) is 88.9 Å². The Labute approximate surface area is 118 Å². The zero-order valence-electron chi connectivity index (χ0n) is 11.8. The second-order valence-electron chi connectivity index (χ2n) is 4.61. The van der Waals surface area contributed by atoms with Gasteiger partial charge in [-0.1, -0.05) is 0 Å². The molecule has 0 aliphatic carbocycles. The molecule has 20 heavy (non-hydrogen) atoms. The van der Waals surface area contributed by atoms with Crippen LogP contribution in [0, 0.1) is 6.92 Å². The first kappa shape index (κ1) is 14.9. The van der Waals surface area contributed by atoms with Crippen LogP contribution in [0.4, 0.5) is 0 Å². The summed E-state index contributed by atoms with van der Waals surface area (Å²) in [4.78, 5) is 4.35. The first-order chi connectivity index (χ1) is 9.45. The minimum atomic E-state index is -3.52. The van der Waals surface area contributed by atoms with Crippen LogP contribution in [0.25, 0.3) is 11.0 Å². The van der Waals surface area contributed by atoms with Crippen LogP contribution in [0.5, 0.6) is 0 Å². The van der Waals surface area contributed by atoms with Crippen molar-refractivity contribution in [3.63, 3.8) is 0 Å². The highest BCUT2D eigenvalue weighted by molar-refractivity contribution is 7.89. The van der Waals surface area contributed by atoms with E-state index < -0.39 is 10.0 Å². The van der Waals surface area contributed by atoms with Gasteiger partial charge in [-0.3, -0.25) is 4.68 Å². The molecule has 2 aromatic heterocycles. The molecule has 0 saturated carbocycles. The van der Waals surface area contributed by atoms with Gasteiger partial charge in [0.2, 0.25) is 10.0 Å². The Balaban J connectivity index is 2.25. The highest BCUT2D eigenvalue weighted by Gasteiger charge is 2.16. The van der Waals surface area contributed by atoms with Crippen LogP contribution in [0.2, 0.25) is 0 Å². The predicted octanol–water partition coefficient (Wildman–Crippen LogP) is 0.165. The van der Waals surface area contributed by atoms with Gasteiger partial charge >= 0.3 is 0 Å². The maximum absolute atomic E-state index is 12.2. The third-order valence-corrected chi connectivity index (χ3v) is 4.47. The lowest BCUT2D eigenvalue weighted by Gasteiger charge is -2.06. The van der Waals surface area contributed by atoms with Gasteiger partial charge in [0.15, 0.2) is 5.65 Å². The molecule has 0 aliphatic heterocycles. The summed E-state index contributed by atoms with van der Waals surface area (Å²) in [7, 11) is 0.0981. The van der Waals surface area contributed by atoms with Crippen LogP contribution in [-0.4, -0.2) is 43.3 Å². The van der Waals surface area contributed by atoms with Crippen molar-refractivity contribution in [2.24, 2.45) is 7.05 Å². The largest absolute Gasteiger partial charge is 0.320 e. The van der Waals surface area contributed by atoms with Crippen LogP contribution in [-0.2, 0) is 17.1 Å². The van der Waals surface area contributed by atoms with Crippen molar-refractivity contribution in [2.75, 3.05) is 20.1 Å². The van der Waals surface area contributed by atoms with Crippen molar-refractivity contribution in [3.05, 3.63) is 18.0 Å². The summed E-state index contributed by atoms with van der Waals surface area (Å²) in [6.45, 7) is 3.00. The van der Waals surface area contributed by atoms with Crippen molar-refractivity contribution in [1.29, 1.82) is 0 Å². The van der Waals surface area contributed by atoms with E-state index in [2.05, 4.69) is 20.1 Å². The second-order valence-corrected chi connectivity index (χ2v) is 6.37. The van der Waals surface area contributed by atoms with Gasteiger partial charge in [0.1, 0.15) is 4.90 Å². The number of fused-ring (bicyclic) bond motifs is 1. The zero-order valence-corrected chi connectivity index (χ0v) is 12.7. The van der Waals surface area contributed by atoms with Crippen LogP contribution in [0.1, 0.15) is 12.1 Å². The van der Waals surface area contributed by atoms with Crippen molar-refractivity contribution >= 4 is 21.1 Å². The van der Waals surface area contributed by atoms with Gasteiger partial charge in [-0.2, -0.15) is 5.10 Å². The fourth-order valence-electron chi connectivity index (χ4n) is 1.99. The number of nitrogens with one attached hydrogen (secondary N) is 2. The minimum Gasteiger partial charge on any atom is -0.320 e. The van der Waals surface area contributed by atoms with Gasteiger partial charge in [0, 0.05) is 25.2 Å². The molecule has 2 N–H and O–H groups in total. The Morgan fingerprint density at radius 1 is 1.35 bits per heavy atom. The lowest BCUT2D eigenvalue weighted by atomic mass is 10.3. The number of rotatable bonds is 6. The van der Waals surface area contributed by atoms with Gasteiger partial charge in [0.25, 0.3) is 0 Å². The number of pyridine rings is 1. The Hall–Kier alpha value is -1.51. The Morgan fingerprint density at radius 3 is 2.80 bits per heavy atom. The van der Waals surface area contributed by atoms with E-state index in [4.69, 9.17) is 0 Å². The summed E-state index contributed by atoms with van der Waals surface area (Å²) in [6.07, 6.45) is 2.10. The summed E-state index contributed by atoms with van der Waals surface area (Å²) < 4.78 is 28.5. The summed E-state index contributed by atoms with van der Waals surface area (Å²) >= 11 is 0. The van der Waals surface area contributed by atoms with E-state index in [0.29, 0.717) is 12.2 Å². The molecular weight excluding hydrogens is 278 g/mol. The molecule has 0 fully saturated rings. The van der Waals surface area contributed by atoms with Gasteiger partial charge in [-0.25, -0.2) is 18.1 Å². The summed E-state index contributed by atoms with van der Waals surface area (Å²) in [5.41, 5.74) is 1.44. The number of hydrogen-bond acceptors (Lipinski definition) is 5. The third-order valence-electron chi connectivity index (χ3n) is 3.04. The molecule has 0 unspecified atom stereocenters. The molecule has 0 amide bonds. The third kappa shape index (κ3) is 2.97. The first-order valence-corrected chi connectivity index (χ1v) is 7.87. The second kappa shape index (κ2) is 5.86. The van der Waals surface area contributed by atoms with Gasteiger partial charge in [-0.15, -0.1) is 0 Å². The number of sulfonamides is 1. The number of aromatic nitrogens is 3. The number of hydrogen-bond donors (Lipinski definition) is 2. The highest BCUT2D eigenvalue weighted by atomic mass is 32.2. The standard InChI is InChI=1S/C12H19N5O2S/c1-9-11-7-10(8-14-12(11)17(3)16-9)20(18,19)15-6-4-5-13-2/h7-8,13,15H,4-6H2,1-3H3. The number of aryl methyl sites for hydroxylation is 2. The summed E-state index contributed by atoms with van der Waals surface area (Å²) in [5.74, 6) is 0. The summed E-state index contributed by atoms with van der Waals surface area (Å²) in [6, 6.07) is 1.62. The van der Waals surface area contributed by atoms with Crippen LogP contribution < -0.4 is 10.0 Å². The van der Waals surface area contributed by atoms with Crippen molar-refractivity contribution in [1.82, 2.24) is 24.8 Å². The minimum absolute atomic E-state index is 0.172. The molecule has 0 atom stereocenters. The molecule has 0 aliphatic rings. The quantitative estimate of drug-likeness (QED) is 0.742. The molecule has 0 saturated heterocycles. The van der Waals surface area contributed by atoms with Crippen LogP contribution in [0.15, 0.2) is 17.2 Å². The molecule has 0 spiro atoms. The smallest absolute Gasteiger partial charge is 0.242 e. The lowest BCUT2D eigenvalue weighted by Crippen LogP contribution is -2.26. The average molecular weight is 297 g/mol. The average Bonchev–Trinajstić information content (AvgIpc) is 2.70. The van der Waals surface area contributed by atoms with Crippen molar-refractivity contribution in [3.8, 4) is 0 Å². The van der Waals surface area contributed by atoms with Gasteiger partial charge in [-0.05, 0) is 33.0 Å². The maximum atomic E-state index is 12.2. The molecule has 2 rings (SSSR count). The van der Waals surface area contributed by atoms with Crippen LogP contribution >= 0.6 is 0 Å². The normalized spacial score (nSPS) is 12.2. The molecule has 0 aromatic carbocycles. The molecule has 7 nitrogen and oxygen atoms in total. The monoisotopic (exact) mass is 297 g/mol. The Bertz CT molecular complexity index is 708. The molecular formula is C12H19N5O2S.